The molecule has 0 rings (SSSR count). The Kier molecular flexibility index (Phi) is 8.98. The Morgan fingerprint density at radius 2 is 1.19 bits per heavy atom. The average molecular weight is 339 g/mol. The van der Waals surface area contributed by atoms with Crippen LogP contribution in [0.5, 0.6) is 0 Å². The summed E-state index contributed by atoms with van der Waals surface area (Å²) in [6.45, 7) is 7.76. The smallest absolute Gasteiger partial charge is 0.331 e. The summed E-state index contributed by atoms with van der Waals surface area (Å²) in [6.07, 6.45) is 0.249. The van der Waals surface area contributed by atoms with Gasteiger partial charge < -0.3 is 23.1 Å². The molecule has 7 nitrogen and oxygen atoms in total. The second-order valence-electron chi connectivity index (χ2n) is 5.85. The zero-order valence-corrected chi connectivity index (χ0v) is 15.7. The molecule has 0 aliphatic rings. The molecule has 0 N–H and O–H groups in total. The predicted molar refractivity (Wildman–Crippen MR) is 81.7 cm³/mol. The SMILES string of the molecule is COCC(=O)OC[Si](C)(COC(=O)COC)O[Si](C)(C)C. The highest BCUT2D eigenvalue weighted by molar-refractivity contribution is 6.85. The van der Waals surface area contributed by atoms with E-state index in [2.05, 4.69) is 0 Å². The van der Waals surface area contributed by atoms with Crippen LogP contribution in [0.2, 0.25) is 26.2 Å². The number of rotatable bonds is 10. The molecule has 0 aliphatic heterocycles. The monoisotopic (exact) mass is 338 g/mol. The van der Waals surface area contributed by atoms with Gasteiger partial charge >= 0.3 is 11.9 Å². The maximum atomic E-state index is 11.4. The normalized spacial score (nSPS) is 12.1. The van der Waals surface area contributed by atoms with Gasteiger partial charge in [-0.3, -0.25) is 0 Å². The van der Waals surface area contributed by atoms with Crippen molar-refractivity contribution >= 4 is 28.6 Å². The largest absolute Gasteiger partial charge is 0.465 e. The van der Waals surface area contributed by atoms with Crippen LogP contribution in [-0.4, -0.2) is 68.5 Å². The maximum absolute atomic E-state index is 11.4. The molecule has 0 unspecified atom stereocenters. The van der Waals surface area contributed by atoms with E-state index in [9.17, 15) is 9.59 Å². The summed E-state index contributed by atoms with van der Waals surface area (Å²) in [5.74, 6) is -0.919. The van der Waals surface area contributed by atoms with E-state index in [1.807, 2.05) is 26.2 Å². The molecule has 0 aromatic heterocycles. The predicted octanol–water partition coefficient (Wildman–Crippen LogP) is 0.871. The molecule has 0 aromatic carbocycles. The molecule has 21 heavy (non-hydrogen) atoms. The first-order valence-electron chi connectivity index (χ1n) is 6.61. The first-order chi connectivity index (χ1) is 9.62. The van der Waals surface area contributed by atoms with Gasteiger partial charge in [-0.05, 0) is 26.2 Å². The summed E-state index contributed by atoms with van der Waals surface area (Å²) in [7, 11) is -1.52. The number of esters is 2. The first-order valence-corrected chi connectivity index (χ1v) is 12.8. The summed E-state index contributed by atoms with van der Waals surface area (Å²) >= 11 is 0. The van der Waals surface area contributed by atoms with Crippen LogP contribution < -0.4 is 0 Å². The van der Waals surface area contributed by atoms with Gasteiger partial charge in [-0.25, -0.2) is 9.59 Å². The molecule has 0 spiro atoms. The highest BCUT2D eigenvalue weighted by Gasteiger charge is 2.37. The Morgan fingerprint density at radius 1 is 0.810 bits per heavy atom. The van der Waals surface area contributed by atoms with Crippen LogP contribution in [0, 0.1) is 0 Å². The lowest BCUT2D eigenvalue weighted by Crippen LogP contribution is -2.53. The van der Waals surface area contributed by atoms with E-state index in [1.165, 1.54) is 14.2 Å². The summed E-state index contributed by atoms with van der Waals surface area (Å²) in [6, 6.07) is 0. The van der Waals surface area contributed by atoms with E-state index in [0.717, 1.165) is 0 Å². The molecule has 0 radical (unpaired) electrons. The van der Waals surface area contributed by atoms with Crippen LogP contribution in [0.4, 0.5) is 0 Å². The molecule has 0 fully saturated rings. The third-order valence-electron chi connectivity index (χ3n) is 2.15. The Hall–Kier alpha value is -0.746. The lowest BCUT2D eigenvalue weighted by atomic mass is 10.7. The number of methoxy groups -OCH3 is 2. The standard InChI is InChI=1S/C12H26O7Si2/c1-15-7-11(13)17-9-21(6,19-20(3,4)5)10-18-12(14)8-16-2/h7-10H2,1-6H3. The topological polar surface area (TPSA) is 80.3 Å². The lowest BCUT2D eigenvalue weighted by molar-refractivity contribution is -0.147. The van der Waals surface area contributed by atoms with Crippen molar-refractivity contribution in [1.82, 2.24) is 0 Å². The van der Waals surface area contributed by atoms with E-state index < -0.39 is 28.6 Å². The van der Waals surface area contributed by atoms with Crippen LogP contribution in [0.15, 0.2) is 0 Å². The van der Waals surface area contributed by atoms with E-state index in [1.54, 1.807) is 0 Å². The molecule has 0 atom stereocenters. The van der Waals surface area contributed by atoms with Crippen LogP contribution in [0.25, 0.3) is 0 Å². The van der Waals surface area contributed by atoms with Gasteiger partial charge in [-0.2, -0.15) is 0 Å². The number of hydrogen-bond donors (Lipinski definition) is 0. The third kappa shape index (κ3) is 10.6. The molecule has 0 saturated heterocycles. The zero-order valence-electron chi connectivity index (χ0n) is 13.7. The van der Waals surface area contributed by atoms with Crippen molar-refractivity contribution in [2.24, 2.45) is 0 Å². The molecular weight excluding hydrogens is 312 g/mol. The summed E-state index contributed by atoms with van der Waals surface area (Å²) < 4.78 is 25.9. The first kappa shape index (κ1) is 20.3. The summed E-state index contributed by atoms with van der Waals surface area (Å²) in [5.41, 5.74) is 0. The van der Waals surface area contributed by atoms with Gasteiger partial charge in [-0.1, -0.05) is 0 Å². The molecule has 124 valence electrons. The molecule has 0 bridgehead atoms. The highest BCUT2D eigenvalue weighted by Crippen LogP contribution is 2.15. The van der Waals surface area contributed by atoms with Crippen LogP contribution in [0.1, 0.15) is 0 Å². The second-order valence-corrected chi connectivity index (χ2v) is 14.4. The highest BCUT2D eigenvalue weighted by atomic mass is 28.4. The fourth-order valence-corrected chi connectivity index (χ4v) is 9.03. The van der Waals surface area contributed by atoms with Crippen molar-refractivity contribution < 1.29 is 32.7 Å². The minimum absolute atomic E-state index is 0.110. The van der Waals surface area contributed by atoms with Crippen molar-refractivity contribution in [3.63, 3.8) is 0 Å². The van der Waals surface area contributed by atoms with Gasteiger partial charge in [0.2, 0.25) is 0 Å². The zero-order chi connectivity index (χ0) is 16.5. The minimum Gasteiger partial charge on any atom is -0.465 e. The maximum Gasteiger partial charge on any atom is 0.331 e. The number of carbonyl (C=O) groups is 2. The minimum atomic E-state index is -2.50. The Morgan fingerprint density at radius 3 is 1.48 bits per heavy atom. The fourth-order valence-electron chi connectivity index (χ4n) is 1.63. The molecular formula is C12H26O7Si2. The molecule has 9 heteroatoms. The molecule has 0 saturated carbocycles. The van der Waals surface area contributed by atoms with Crippen molar-refractivity contribution in [3.05, 3.63) is 0 Å². The number of hydrogen-bond acceptors (Lipinski definition) is 7. The van der Waals surface area contributed by atoms with Crippen molar-refractivity contribution in [1.29, 1.82) is 0 Å². The van der Waals surface area contributed by atoms with Gasteiger partial charge in [0.1, 0.15) is 25.7 Å². The fraction of sp³-hybridized carbons (Fsp3) is 0.833. The Balaban J connectivity index is 4.61. The molecule has 0 amide bonds. The van der Waals surface area contributed by atoms with Crippen molar-refractivity contribution in [3.8, 4) is 0 Å². The quantitative estimate of drug-likeness (QED) is 0.432. The van der Waals surface area contributed by atoms with Crippen LogP contribution in [-0.2, 0) is 32.7 Å². The summed E-state index contributed by atoms with van der Waals surface area (Å²) in [4.78, 5) is 22.8. The van der Waals surface area contributed by atoms with Crippen LogP contribution in [0.3, 0.4) is 0 Å². The third-order valence-corrected chi connectivity index (χ3v) is 8.08. The van der Waals surface area contributed by atoms with Gasteiger partial charge in [0.25, 0.3) is 8.32 Å². The Labute approximate surface area is 128 Å². The van der Waals surface area contributed by atoms with E-state index in [0.29, 0.717) is 0 Å². The van der Waals surface area contributed by atoms with Gasteiger partial charge in [0, 0.05) is 14.2 Å². The van der Waals surface area contributed by atoms with Gasteiger partial charge in [0.15, 0.2) is 8.32 Å². The van der Waals surface area contributed by atoms with E-state index >= 15 is 0 Å². The lowest BCUT2D eigenvalue weighted by Gasteiger charge is -2.33. The van der Waals surface area contributed by atoms with Crippen molar-refractivity contribution in [2.45, 2.75) is 26.2 Å². The molecule has 0 heterocycles. The van der Waals surface area contributed by atoms with Gasteiger partial charge in [-0.15, -0.1) is 0 Å². The van der Waals surface area contributed by atoms with E-state index in [-0.39, 0.29) is 25.7 Å². The molecule has 0 aromatic rings. The second kappa shape index (κ2) is 9.31. The molecule has 0 aliphatic carbocycles. The summed E-state index contributed by atoms with van der Waals surface area (Å²) in [5, 5.41) is 0. The Bertz CT molecular complexity index is 319. The van der Waals surface area contributed by atoms with Gasteiger partial charge in [0.05, 0.1) is 0 Å². The number of carbonyl (C=O) groups excluding carboxylic acids is 2. The van der Waals surface area contributed by atoms with Crippen LogP contribution >= 0.6 is 0 Å². The van der Waals surface area contributed by atoms with Crippen molar-refractivity contribution in [2.75, 3.05) is 39.9 Å². The number of ether oxygens (including phenoxy) is 4. The average Bonchev–Trinajstić information content (AvgIpc) is 2.33. The van der Waals surface area contributed by atoms with E-state index in [4.69, 9.17) is 23.1 Å².